The van der Waals surface area contributed by atoms with Crippen LogP contribution < -0.4 is 5.73 Å². The second kappa shape index (κ2) is 5.19. The fourth-order valence-electron chi connectivity index (χ4n) is 3.06. The molecule has 94 valence electrons. The van der Waals surface area contributed by atoms with Crippen LogP contribution in [0.1, 0.15) is 42.5 Å². The van der Waals surface area contributed by atoms with Gasteiger partial charge in [-0.2, -0.15) is 0 Å². The average molecular weight is 232 g/mol. The third-order valence-electron chi connectivity index (χ3n) is 3.64. The summed E-state index contributed by atoms with van der Waals surface area (Å²) in [4.78, 5) is 2.54. The Balaban J connectivity index is 2.29. The number of nitrogens with zero attached hydrogens (tertiary/aromatic N) is 1. The molecule has 0 saturated carbocycles. The maximum Gasteiger partial charge on any atom is 0.0499 e. The van der Waals surface area contributed by atoms with Gasteiger partial charge in [0, 0.05) is 18.6 Å². The Morgan fingerprint density at radius 3 is 2.47 bits per heavy atom. The van der Waals surface area contributed by atoms with Crippen molar-refractivity contribution in [1.82, 2.24) is 4.90 Å². The molecule has 0 spiro atoms. The number of benzene rings is 1. The van der Waals surface area contributed by atoms with Gasteiger partial charge in [0.1, 0.15) is 0 Å². The highest BCUT2D eigenvalue weighted by molar-refractivity contribution is 5.32. The zero-order valence-corrected chi connectivity index (χ0v) is 11.2. The van der Waals surface area contributed by atoms with Gasteiger partial charge in [-0.05, 0) is 38.8 Å². The summed E-state index contributed by atoms with van der Waals surface area (Å²) >= 11 is 0. The van der Waals surface area contributed by atoms with Gasteiger partial charge >= 0.3 is 0 Å². The van der Waals surface area contributed by atoms with E-state index in [1.54, 1.807) is 0 Å². The smallest absolute Gasteiger partial charge is 0.0499 e. The van der Waals surface area contributed by atoms with Crippen molar-refractivity contribution in [2.24, 2.45) is 5.73 Å². The van der Waals surface area contributed by atoms with Gasteiger partial charge in [-0.1, -0.05) is 36.2 Å². The van der Waals surface area contributed by atoms with Crippen LogP contribution in [0, 0.1) is 13.8 Å². The summed E-state index contributed by atoms with van der Waals surface area (Å²) < 4.78 is 0. The van der Waals surface area contributed by atoms with E-state index >= 15 is 0 Å². The fourth-order valence-corrected chi connectivity index (χ4v) is 3.06. The summed E-state index contributed by atoms with van der Waals surface area (Å²) in [6.45, 7) is 8.88. The fraction of sp³-hybridized carbons (Fsp3) is 0.600. The monoisotopic (exact) mass is 232 g/mol. The first-order chi connectivity index (χ1) is 8.11. The predicted octanol–water partition coefficient (Wildman–Crippen LogP) is 2.79. The van der Waals surface area contributed by atoms with Gasteiger partial charge in [0.05, 0.1) is 0 Å². The van der Waals surface area contributed by atoms with E-state index in [9.17, 15) is 0 Å². The molecule has 0 unspecified atom stereocenters. The molecule has 0 aromatic heterocycles. The van der Waals surface area contributed by atoms with E-state index in [4.69, 9.17) is 5.73 Å². The van der Waals surface area contributed by atoms with Crippen LogP contribution in [0.25, 0.3) is 0 Å². The molecule has 17 heavy (non-hydrogen) atoms. The summed E-state index contributed by atoms with van der Waals surface area (Å²) in [5.41, 5.74) is 10.4. The second-order valence-electron chi connectivity index (χ2n) is 5.35. The minimum atomic E-state index is 0.294. The number of nitrogens with two attached hydrogens (primary N) is 1. The van der Waals surface area contributed by atoms with E-state index in [1.807, 2.05) is 0 Å². The molecule has 1 aromatic rings. The molecule has 0 bridgehead atoms. The quantitative estimate of drug-likeness (QED) is 0.868. The van der Waals surface area contributed by atoms with Gasteiger partial charge in [0.2, 0.25) is 0 Å². The Hall–Kier alpha value is -0.860. The van der Waals surface area contributed by atoms with E-state index in [2.05, 4.69) is 43.9 Å². The van der Waals surface area contributed by atoms with Crippen LogP contribution in [0.15, 0.2) is 18.2 Å². The zero-order valence-electron chi connectivity index (χ0n) is 11.2. The van der Waals surface area contributed by atoms with Crippen molar-refractivity contribution < 1.29 is 0 Å². The molecule has 1 aromatic carbocycles. The molecular formula is C15H24N2. The van der Waals surface area contributed by atoms with Crippen molar-refractivity contribution in [2.75, 3.05) is 13.1 Å². The van der Waals surface area contributed by atoms with E-state index in [1.165, 1.54) is 23.1 Å². The largest absolute Gasteiger partial charge is 0.326 e. The standard InChI is InChI=1S/C15H24N2/c1-4-6-17-7-5-14(16)15(17)13-9-11(2)8-12(3)10-13/h8-10,14-15H,4-7,16H2,1-3H3/t14-,15+/m0/s1. The van der Waals surface area contributed by atoms with Crippen LogP contribution in [0.3, 0.4) is 0 Å². The Bertz CT molecular complexity index is 364. The second-order valence-corrected chi connectivity index (χ2v) is 5.35. The molecule has 2 heteroatoms. The number of hydrogen-bond acceptors (Lipinski definition) is 2. The summed E-state index contributed by atoms with van der Waals surface area (Å²) in [5.74, 6) is 0. The summed E-state index contributed by atoms with van der Waals surface area (Å²) in [6, 6.07) is 7.54. The van der Waals surface area contributed by atoms with E-state index < -0.39 is 0 Å². The molecule has 2 N–H and O–H groups in total. The third-order valence-corrected chi connectivity index (χ3v) is 3.64. The van der Waals surface area contributed by atoms with Gasteiger partial charge in [-0.15, -0.1) is 0 Å². The van der Waals surface area contributed by atoms with Crippen LogP contribution in [-0.4, -0.2) is 24.0 Å². The Morgan fingerprint density at radius 2 is 1.88 bits per heavy atom. The lowest BCUT2D eigenvalue weighted by Gasteiger charge is -2.27. The lowest BCUT2D eigenvalue weighted by molar-refractivity contribution is 0.248. The van der Waals surface area contributed by atoms with E-state index in [0.29, 0.717) is 12.1 Å². The number of likely N-dealkylation sites (tertiary alicyclic amines) is 1. The highest BCUT2D eigenvalue weighted by Gasteiger charge is 2.32. The summed E-state index contributed by atoms with van der Waals surface area (Å²) in [7, 11) is 0. The molecule has 2 nitrogen and oxygen atoms in total. The Labute approximate surface area is 105 Å². The Morgan fingerprint density at radius 1 is 1.24 bits per heavy atom. The maximum atomic E-state index is 6.29. The minimum absolute atomic E-state index is 0.294. The zero-order chi connectivity index (χ0) is 12.4. The first-order valence-electron chi connectivity index (χ1n) is 6.69. The average Bonchev–Trinajstić information content (AvgIpc) is 2.59. The lowest BCUT2D eigenvalue weighted by Crippen LogP contribution is -2.32. The van der Waals surface area contributed by atoms with Gasteiger partial charge in [-0.3, -0.25) is 4.90 Å². The molecule has 2 atom stereocenters. The molecule has 0 aliphatic carbocycles. The van der Waals surface area contributed by atoms with E-state index in [0.717, 1.165) is 19.5 Å². The summed E-state index contributed by atoms with van der Waals surface area (Å²) in [5, 5.41) is 0. The Kier molecular flexibility index (Phi) is 3.85. The van der Waals surface area contributed by atoms with Crippen LogP contribution in [0.4, 0.5) is 0 Å². The normalized spacial score (nSPS) is 25.4. The number of rotatable bonds is 3. The molecular weight excluding hydrogens is 208 g/mol. The molecule has 0 amide bonds. The van der Waals surface area contributed by atoms with Gasteiger partial charge in [-0.25, -0.2) is 0 Å². The third kappa shape index (κ3) is 2.70. The van der Waals surface area contributed by atoms with Crippen LogP contribution >= 0.6 is 0 Å². The van der Waals surface area contributed by atoms with Crippen LogP contribution in [0.2, 0.25) is 0 Å². The van der Waals surface area contributed by atoms with Crippen molar-refractivity contribution in [1.29, 1.82) is 0 Å². The van der Waals surface area contributed by atoms with Crippen molar-refractivity contribution in [3.8, 4) is 0 Å². The first-order valence-corrected chi connectivity index (χ1v) is 6.69. The van der Waals surface area contributed by atoms with Crippen molar-refractivity contribution in [2.45, 2.75) is 45.7 Å². The molecule has 2 rings (SSSR count). The minimum Gasteiger partial charge on any atom is -0.326 e. The number of hydrogen-bond donors (Lipinski definition) is 1. The predicted molar refractivity (Wildman–Crippen MR) is 73.1 cm³/mol. The van der Waals surface area contributed by atoms with Gasteiger partial charge < -0.3 is 5.73 Å². The molecule has 1 aliphatic heterocycles. The van der Waals surface area contributed by atoms with Gasteiger partial charge in [0.15, 0.2) is 0 Å². The SMILES string of the molecule is CCCN1CC[C@H](N)[C@H]1c1cc(C)cc(C)c1. The first kappa shape index (κ1) is 12.6. The van der Waals surface area contributed by atoms with Crippen LogP contribution in [-0.2, 0) is 0 Å². The molecule has 1 aliphatic rings. The molecule has 1 fully saturated rings. The van der Waals surface area contributed by atoms with Crippen molar-refractivity contribution in [3.05, 3.63) is 34.9 Å². The highest BCUT2D eigenvalue weighted by atomic mass is 15.2. The van der Waals surface area contributed by atoms with E-state index in [-0.39, 0.29) is 0 Å². The van der Waals surface area contributed by atoms with Gasteiger partial charge in [0.25, 0.3) is 0 Å². The molecule has 0 radical (unpaired) electrons. The van der Waals surface area contributed by atoms with Crippen LogP contribution in [0.5, 0.6) is 0 Å². The molecule has 1 heterocycles. The highest BCUT2D eigenvalue weighted by Crippen LogP contribution is 2.32. The summed E-state index contributed by atoms with van der Waals surface area (Å²) in [6.07, 6.45) is 2.33. The lowest BCUT2D eigenvalue weighted by atomic mass is 9.97. The number of aryl methyl sites for hydroxylation is 2. The van der Waals surface area contributed by atoms with Crippen molar-refractivity contribution in [3.63, 3.8) is 0 Å². The maximum absolute atomic E-state index is 6.29. The van der Waals surface area contributed by atoms with Crippen molar-refractivity contribution >= 4 is 0 Å². The molecule has 1 saturated heterocycles. The topological polar surface area (TPSA) is 29.3 Å².